The maximum atomic E-state index is 13.1. The first kappa shape index (κ1) is 22.2. The van der Waals surface area contributed by atoms with Gasteiger partial charge < -0.3 is 14.7 Å². The van der Waals surface area contributed by atoms with Crippen molar-refractivity contribution in [3.8, 4) is 0 Å². The Morgan fingerprint density at radius 1 is 0.875 bits per heavy atom. The van der Waals surface area contributed by atoms with Crippen LogP contribution in [0.4, 0.5) is 5.95 Å². The van der Waals surface area contributed by atoms with Crippen molar-refractivity contribution in [3.63, 3.8) is 0 Å². The van der Waals surface area contributed by atoms with Crippen LogP contribution in [0.25, 0.3) is 0 Å². The van der Waals surface area contributed by atoms with Gasteiger partial charge in [0.15, 0.2) is 0 Å². The second-order valence-electron chi connectivity index (χ2n) is 8.56. The topological polar surface area (TPSA) is 72.9 Å². The quantitative estimate of drug-likeness (QED) is 0.702. The molecule has 0 aliphatic carbocycles. The minimum atomic E-state index is -0.178. The Bertz CT molecular complexity index is 921. The molecule has 1 unspecified atom stereocenters. The molecule has 2 aromatic rings. The zero-order chi connectivity index (χ0) is 22.5. The molecule has 0 N–H and O–H groups in total. The lowest BCUT2D eigenvalue weighted by atomic mass is 10.0. The van der Waals surface area contributed by atoms with E-state index in [-0.39, 0.29) is 17.9 Å². The predicted octanol–water partition coefficient (Wildman–Crippen LogP) is 1.21. The highest BCUT2D eigenvalue weighted by molar-refractivity contribution is 5.82. The molecule has 170 valence electrons. The summed E-state index contributed by atoms with van der Waals surface area (Å²) in [6.45, 7) is 9.65. The van der Waals surface area contributed by atoms with Gasteiger partial charge in [0.25, 0.3) is 0 Å². The SMILES string of the molecule is Cc1ccccc1CC(=O)N1CCN(C(C)C(=O)N2CCN(c3ncccn3)CC2)CC1. The van der Waals surface area contributed by atoms with E-state index in [4.69, 9.17) is 0 Å². The summed E-state index contributed by atoms with van der Waals surface area (Å²) in [4.78, 5) is 42.6. The van der Waals surface area contributed by atoms with Crippen LogP contribution in [0.1, 0.15) is 18.1 Å². The largest absolute Gasteiger partial charge is 0.340 e. The molecule has 8 heteroatoms. The minimum absolute atomic E-state index is 0.164. The third-order valence-corrected chi connectivity index (χ3v) is 6.60. The van der Waals surface area contributed by atoms with Gasteiger partial charge in [-0.15, -0.1) is 0 Å². The number of benzene rings is 1. The molecule has 4 rings (SSSR count). The minimum Gasteiger partial charge on any atom is -0.340 e. The Balaban J connectivity index is 1.24. The van der Waals surface area contributed by atoms with Gasteiger partial charge in [-0.2, -0.15) is 0 Å². The Morgan fingerprint density at radius 3 is 2.16 bits per heavy atom. The van der Waals surface area contributed by atoms with E-state index in [1.165, 1.54) is 0 Å². The lowest BCUT2D eigenvalue weighted by Gasteiger charge is -2.41. The fourth-order valence-corrected chi connectivity index (χ4v) is 4.44. The number of rotatable bonds is 5. The van der Waals surface area contributed by atoms with Gasteiger partial charge in [0.1, 0.15) is 0 Å². The number of aryl methyl sites for hydroxylation is 1. The summed E-state index contributed by atoms with van der Waals surface area (Å²) in [7, 11) is 0. The summed E-state index contributed by atoms with van der Waals surface area (Å²) in [5, 5.41) is 0. The average Bonchev–Trinajstić information content (AvgIpc) is 2.85. The van der Waals surface area contributed by atoms with Gasteiger partial charge in [-0.05, 0) is 31.0 Å². The molecule has 2 aliphatic heterocycles. The molecular weight excluding hydrogens is 404 g/mol. The van der Waals surface area contributed by atoms with Crippen molar-refractivity contribution in [3.05, 3.63) is 53.9 Å². The van der Waals surface area contributed by atoms with Gasteiger partial charge in [0, 0.05) is 64.8 Å². The summed E-state index contributed by atoms with van der Waals surface area (Å²) in [5.41, 5.74) is 2.24. The molecule has 1 aromatic heterocycles. The summed E-state index contributed by atoms with van der Waals surface area (Å²) in [6.07, 6.45) is 3.93. The van der Waals surface area contributed by atoms with Crippen LogP contribution < -0.4 is 4.90 Å². The Kier molecular flexibility index (Phi) is 6.99. The van der Waals surface area contributed by atoms with Crippen molar-refractivity contribution in [1.82, 2.24) is 24.7 Å². The van der Waals surface area contributed by atoms with Crippen molar-refractivity contribution in [1.29, 1.82) is 0 Å². The monoisotopic (exact) mass is 436 g/mol. The first-order valence-electron chi connectivity index (χ1n) is 11.4. The number of carbonyl (C=O) groups excluding carboxylic acids is 2. The molecule has 0 saturated carbocycles. The fraction of sp³-hybridized carbons (Fsp3) is 0.500. The van der Waals surface area contributed by atoms with Gasteiger partial charge >= 0.3 is 0 Å². The van der Waals surface area contributed by atoms with Crippen molar-refractivity contribution in [2.24, 2.45) is 0 Å². The Labute approximate surface area is 189 Å². The number of hydrogen-bond donors (Lipinski definition) is 0. The molecule has 0 bridgehead atoms. The van der Waals surface area contributed by atoms with Gasteiger partial charge in [0.2, 0.25) is 17.8 Å². The third-order valence-electron chi connectivity index (χ3n) is 6.60. The maximum absolute atomic E-state index is 13.1. The second-order valence-corrected chi connectivity index (χ2v) is 8.56. The number of aromatic nitrogens is 2. The molecular formula is C24H32N6O2. The highest BCUT2D eigenvalue weighted by atomic mass is 16.2. The molecule has 0 spiro atoms. The van der Waals surface area contributed by atoms with Gasteiger partial charge in [-0.25, -0.2) is 9.97 Å². The summed E-state index contributed by atoms with van der Waals surface area (Å²) in [6, 6.07) is 9.67. The fourth-order valence-electron chi connectivity index (χ4n) is 4.44. The van der Waals surface area contributed by atoms with Crippen molar-refractivity contribution < 1.29 is 9.59 Å². The highest BCUT2D eigenvalue weighted by Gasteiger charge is 2.31. The van der Waals surface area contributed by atoms with E-state index >= 15 is 0 Å². The third kappa shape index (κ3) is 5.07. The zero-order valence-electron chi connectivity index (χ0n) is 19.0. The van der Waals surface area contributed by atoms with Crippen LogP contribution in [0.3, 0.4) is 0 Å². The molecule has 2 aliphatic rings. The smallest absolute Gasteiger partial charge is 0.239 e. The van der Waals surface area contributed by atoms with E-state index in [1.807, 2.05) is 47.9 Å². The van der Waals surface area contributed by atoms with Crippen LogP contribution in [-0.4, -0.2) is 94.9 Å². The number of hydrogen-bond acceptors (Lipinski definition) is 6. The number of amides is 2. The normalized spacial score (nSPS) is 18.5. The maximum Gasteiger partial charge on any atom is 0.239 e. The van der Waals surface area contributed by atoms with Crippen LogP contribution in [-0.2, 0) is 16.0 Å². The molecule has 1 aromatic carbocycles. The molecule has 2 fully saturated rings. The van der Waals surface area contributed by atoms with E-state index < -0.39 is 0 Å². The summed E-state index contributed by atoms with van der Waals surface area (Å²) >= 11 is 0. The summed E-state index contributed by atoms with van der Waals surface area (Å²) < 4.78 is 0. The van der Waals surface area contributed by atoms with Crippen molar-refractivity contribution >= 4 is 17.8 Å². The molecule has 32 heavy (non-hydrogen) atoms. The van der Waals surface area contributed by atoms with E-state index in [0.717, 1.165) is 43.3 Å². The molecule has 3 heterocycles. The zero-order valence-corrected chi connectivity index (χ0v) is 19.0. The van der Waals surface area contributed by atoms with E-state index in [9.17, 15) is 9.59 Å². The highest BCUT2D eigenvalue weighted by Crippen LogP contribution is 2.15. The molecule has 8 nitrogen and oxygen atoms in total. The standard InChI is InChI=1S/C24H32N6O2/c1-19-6-3-4-7-21(19)18-22(31)28-12-10-27(11-13-28)20(2)23(32)29-14-16-30(17-15-29)24-25-8-5-9-26-24/h3-9,20H,10-18H2,1-2H3. The lowest BCUT2D eigenvalue weighted by Crippen LogP contribution is -2.58. The lowest BCUT2D eigenvalue weighted by molar-refractivity contribution is -0.138. The number of carbonyl (C=O) groups is 2. The Hall–Kier alpha value is -3.00. The first-order chi connectivity index (χ1) is 15.5. The van der Waals surface area contributed by atoms with E-state index in [0.29, 0.717) is 32.6 Å². The molecule has 2 saturated heterocycles. The van der Waals surface area contributed by atoms with Crippen LogP contribution in [0, 0.1) is 6.92 Å². The predicted molar refractivity (Wildman–Crippen MR) is 123 cm³/mol. The van der Waals surface area contributed by atoms with Crippen LogP contribution in [0.15, 0.2) is 42.7 Å². The Morgan fingerprint density at radius 2 is 1.50 bits per heavy atom. The molecule has 2 amide bonds. The van der Waals surface area contributed by atoms with Gasteiger partial charge in [-0.3, -0.25) is 14.5 Å². The van der Waals surface area contributed by atoms with E-state index in [1.54, 1.807) is 18.5 Å². The van der Waals surface area contributed by atoms with Crippen molar-refractivity contribution in [2.75, 3.05) is 57.3 Å². The van der Waals surface area contributed by atoms with Gasteiger partial charge in [0.05, 0.1) is 12.5 Å². The second kappa shape index (κ2) is 10.1. The van der Waals surface area contributed by atoms with Crippen LogP contribution in [0.2, 0.25) is 0 Å². The molecule has 1 atom stereocenters. The van der Waals surface area contributed by atoms with Gasteiger partial charge in [-0.1, -0.05) is 24.3 Å². The molecule has 0 radical (unpaired) electrons. The van der Waals surface area contributed by atoms with Crippen LogP contribution in [0.5, 0.6) is 0 Å². The van der Waals surface area contributed by atoms with Crippen molar-refractivity contribution in [2.45, 2.75) is 26.3 Å². The number of nitrogens with zero attached hydrogens (tertiary/aromatic N) is 6. The van der Waals surface area contributed by atoms with Crippen LogP contribution >= 0.6 is 0 Å². The van der Waals surface area contributed by atoms with E-state index in [2.05, 4.69) is 19.8 Å². The summed E-state index contributed by atoms with van der Waals surface area (Å²) in [5.74, 6) is 1.05. The average molecular weight is 437 g/mol. The number of anilines is 1. The number of piperazine rings is 2. The first-order valence-corrected chi connectivity index (χ1v) is 11.4.